The quantitative estimate of drug-likeness (QED) is 0.421. The van der Waals surface area contributed by atoms with Gasteiger partial charge in [0.05, 0.1) is 9.95 Å². The minimum Gasteiger partial charge on any atom is -0.480 e. The number of anilines is 1. The van der Waals surface area contributed by atoms with Gasteiger partial charge in [0, 0.05) is 11.8 Å². The summed E-state index contributed by atoms with van der Waals surface area (Å²) in [5.74, 6) is -1.12. The summed E-state index contributed by atoms with van der Waals surface area (Å²) in [7, 11) is 0. The molecule has 0 aromatic heterocycles. The standard InChI is InChI=1S/C17H14Cl2N2O6/c1-10-2-4-13(19)15(6-10)26-9-17(23)27-8-16(22)20-11-3-5-12(18)14(7-11)21(24)25/h2-7H,8-9H2,1H3,(H,20,22). The highest BCUT2D eigenvalue weighted by atomic mass is 35.5. The topological polar surface area (TPSA) is 108 Å². The Morgan fingerprint density at radius 2 is 1.81 bits per heavy atom. The maximum atomic E-state index is 11.8. The van der Waals surface area contributed by atoms with Crippen molar-refractivity contribution >= 4 is 46.5 Å². The van der Waals surface area contributed by atoms with E-state index < -0.39 is 30.0 Å². The molecule has 1 N–H and O–H groups in total. The highest BCUT2D eigenvalue weighted by Crippen LogP contribution is 2.27. The van der Waals surface area contributed by atoms with Crippen molar-refractivity contribution in [3.63, 3.8) is 0 Å². The number of rotatable bonds is 7. The van der Waals surface area contributed by atoms with Crippen molar-refractivity contribution in [3.8, 4) is 5.75 Å². The number of hydrogen-bond acceptors (Lipinski definition) is 6. The summed E-state index contributed by atoms with van der Waals surface area (Å²) in [6.45, 7) is 0.829. The minimum absolute atomic E-state index is 0.0589. The Morgan fingerprint density at radius 1 is 1.11 bits per heavy atom. The van der Waals surface area contributed by atoms with E-state index in [0.29, 0.717) is 10.8 Å². The average Bonchev–Trinajstić information content (AvgIpc) is 2.62. The van der Waals surface area contributed by atoms with Gasteiger partial charge >= 0.3 is 5.97 Å². The van der Waals surface area contributed by atoms with Crippen LogP contribution in [0.3, 0.4) is 0 Å². The van der Waals surface area contributed by atoms with Crippen molar-refractivity contribution in [2.24, 2.45) is 0 Å². The Balaban J connectivity index is 1.83. The molecule has 0 fully saturated rings. The van der Waals surface area contributed by atoms with E-state index in [4.69, 9.17) is 32.7 Å². The molecule has 0 saturated carbocycles. The highest BCUT2D eigenvalue weighted by molar-refractivity contribution is 6.32. The number of amides is 1. The van der Waals surface area contributed by atoms with Crippen molar-refractivity contribution in [2.45, 2.75) is 6.92 Å². The van der Waals surface area contributed by atoms with Crippen LogP contribution in [0.15, 0.2) is 36.4 Å². The zero-order valence-electron chi connectivity index (χ0n) is 14.0. The Labute approximate surface area is 164 Å². The van der Waals surface area contributed by atoms with Crippen LogP contribution in [0.4, 0.5) is 11.4 Å². The Bertz CT molecular complexity index is 888. The van der Waals surface area contributed by atoms with E-state index in [1.165, 1.54) is 12.1 Å². The fourth-order valence-corrected chi connectivity index (χ4v) is 2.33. The SMILES string of the molecule is Cc1ccc(Cl)c(OCC(=O)OCC(=O)Nc2ccc(Cl)c([N+](=O)[O-])c2)c1. The van der Waals surface area contributed by atoms with E-state index >= 15 is 0 Å². The summed E-state index contributed by atoms with van der Waals surface area (Å²) in [5.41, 5.74) is 0.698. The summed E-state index contributed by atoms with van der Waals surface area (Å²) in [6, 6.07) is 8.86. The summed E-state index contributed by atoms with van der Waals surface area (Å²) < 4.78 is 10.0. The zero-order chi connectivity index (χ0) is 20.0. The van der Waals surface area contributed by atoms with Crippen LogP contribution >= 0.6 is 23.2 Å². The van der Waals surface area contributed by atoms with Crippen molar-refractivity contribution in [2.75, 3.05) is 18.5 Å². The monoisotopic (exact) mass is 412 g/mol. The number of esters is 1. The number of ether oxygens (including phenoxy) is 2. The fraction of sp³-hybridized carbons (Fsp3) is 0.176. The van der Waals surface area contributed by atoms with Crippen LogP contribution in [0.2, 0.25) is 10.0 Å². The van der Waals surface area contributed by atoms with Gasteiger partial charge in [0.1, 0.15) is 10.8 Å². The molecule has 2 rings (SSSR count). The molecule has 0 bridgehead atoms. The largest absolute Gasteiger partial charge is 0.480 e. The number of hydrogen-bond donors (Lipinski definition) is 1. The molecule has 0 saturated heterocycles. The molecule has 2 aromatic rings. The first-order valence-electron chi connectivity index (χ1n) is 7.54. The molecule has 0 aliphatic heterocycles. The normalized spacial score (nSPS) is 10.2. The third-order valence-electron chi connectivity index (χ3n) is 3.22. The van der Waals surface area contributed by atoms with Gasteiger partial charge in [-0.05, 0) is 36.8 Å². The van der Waals surface area contributed by atoms with Gasteiger partial charge in [-0.3, -0.25) is 14.9 Å². The third kappa shape index (κ3) is 6.12. The highest BCUT2D eigenvalue weighted by Gasteiger charge is 2.15. The van der Waals surface area contributed by atoms with Crippen molar-refractivity contribution in [3.05, 3.63) is 62.1 Å². The summed E-state index contributed by atoms with van der Waals surface area (Å²) in [5, 5.41) is 13.5. The van der Waals surface area contributed by atoms with Crippen LogP contribution in [0.1, 0.15) is 5.56 Å². The molecule has 0 aliphatic rings. The molecule has 27 heavy (non-hydrogen) atoms. The molecule has 0 atom stereocenters. The number of carbonyl (C=O) groups excluding carboxylic acids is 2. The van der Waals surface area contributed by atoms with Crippen LogP contribution in [0, 0.1) is 17.0 Å². The molecule has 0 unspecified atom stereocenters. The van der Waals surface area contributed by atoms with Gasteiger partial charge in [-0.2, -0.15) is 0 Å². The fourth-order valence-electron chi connectivity index (χ4n) is 1.97. The van der Waals surface area contributed by atoms with Crippen molar-refractivity contribution in [1.29, 1.82) is 0 Å². The molecule has 142 valence electrons. The van der Waals surface area contributed by atoms with E-state index in [2.05, 4.69) is 5.32 Å². The number of nitro groups is 1. The van der Waals surface area contributed by atoms with Gasteiger partial charge in [-0.15, -0.1) is 0 Å². The van der Waals surface area contributed by atoms with Crippen LogP contribution in [0.5, 0.6) is 5.75 Å². The first-order chi connectivity index (χ1) is 12.8. The first-order valence-corrected chi connectivity index (χ1v) is 8.30. The smallest absolute Gasteiger partial charge is 0.344 e. The van der Waals surface area contributed by atoms with Crippen LogP contribution in [-0.2, 0) is 14.3 Å². The lowest BCUT2D eigenvalue weighted by atomic mass is 10.2. The minimum atomic E-state index is -0.773. The molecule has 0 spiro atoms. The number of carbonyl (C=O) groups is 2. The number of nitrogens with one attached hydrogen (secondary N) is 1. The molecular weight excluding hydrogens is 399 g/mol. The predicted octanol–water partition coefficient (Wildman–Crippen LogP) is 3.77. The molecule has 0 aliphatic carbocycles. The molecule has 1 amide bonds. The summed E-state index contributed by atoms with van der Waals surface area (Å²) in [6.07, 6.45) is 0. The average molecular weight is 413 g/mol. The predicted molar refractivity (Wildman–Crippen MR) is 99.4 cm³/mol. The number of halogens is 2. The van der Waals surface area contributed by atoms with E-state index in [-0.39, 0.29) is 16.4 Å². The number of benzene rings is 2. The van der Waals surface area contributed by atoms with E-state index in [0.717, 1.165) is 11.6 Å². The van der Waals surface area contributed by atoms with Crippen LogP contribution in [-0.4, -0.2) is 30.0 Å². The molecular formula is C17H14Cl2N2O6. The van der Waals surface area contributed by atoms with Gasteiger partial charge in [0.15, 0.2) is 13.2 Å². The lowest BCUT2D eigenvalue weighted by Gasteiger charge is -2.09. The maximum Gasteiger partial charge on any atom is 0.344 e. The molecule has 10 heteroatoms. The molecule has 2 aromatic carbocycles. The zero-order valence-corrected chi connectivity index (χ0v) is 15.5. The summed E-state index contributed by atoms with van der Waals surface area (Å²) >= 11 is 11.6. The Kier molecular flexibility index (Phi) is 6.98. The van der Waals surface area contributed by atoms with Gasteiger partial charge in [0.25, 0.3) is 11.6 Å². The Hall–Kier alpha value is -2.84. The lowest BCUT2D eigenvalue weighted by molar-refractivity contribution is -0.384. The second-order valence-electron chi connectivity index (χ2n) is 5.35. The second kappa shape index (κ2) is 9.20. The number of nitrogens with zero attached hydrogens (tertiary/aromatic N) is 1. The third-order valence-corrected chi connectivity index (χ3v) is 3.85. The van der Waals surface area contributed by atoms with E-state index in [1.54, 1.807) is 18.2 Å². The molecule has 8 nitrogen and oxygen atoms in total. The van der Waals surface area contributed by atoms with Crippen LogP contribution in [0.25, 0.3) is 0 Å². The van der Waals surface area contributed by atoms with E-state index in [1.807, 2.05) is 6.92 Å². The van der Waals surface area contributed by atoms with E-state index in [9.17, 15) is 19.7 Å². The van der Waals surface area contributed by atoms with Crippen molar-refractivity contribution in [1.82, 2.24) is 0 Å². The van der Waals surface area contributed by atoms with Gasteiger partial charge in [0.2, 0.25) is 0 Å². The first kappa shape index (κ1) is 20.5. The molecule has 0 heterocycles. The van der Waals surface area contributed by atoms with Crippen molar-refractivity contribution < 1.29 is 24.0 Å². The van der Waals surface area contributed by atoms with Gasteiger partial charge in [-0.25, -0.2) is 4.79 Å². The second-order valence-corrected chi connectivity index (χ2v) is 6.17. The van der Waals surface area contributed by atoms with Gasteiger partial charge in [-0.1, -0.05) is 29.3 Å². The number of aryl methyl sites for hydroxylation is 1. The van der Waals surface area contributed by atoms with Crippen LogP contribution < -0.4 is 10.1 Å². The number of nitro benzene ring substituents is 1. The maximum absolute atomic E-state index is 11.8. The molecule has 0 radical (unpaired) electrons. The Morgan fingerprint density at radius 3 is 2.52 bits per heavy atom. The van der Waals surface area contributed by atoms with Gasteiger partial charge < -0.3 is 14.8 Å². The summed E-state index contributed by atoms with van der Waals surface area (Å²) in [4.78, 5) is 33.6. The lowest BCUT2D eigenvalue weighted by Crippen LogP contribution is -2.23.